The number of non-ortho nitro benzene ring substituents is 1. The molecule has 1 unspecified atom stereocenters. The second kappa shape index (κ2) is 6.27. The van der Waals surface area contributed by atoms with Gasteiger partial charge in [0.05, 0.1) is 4.92 Å². The highest BCUT2D eigenvalue weighted by Crippen LogP contribution is 2.24. The fourth-order valence-electron chi connectivity index (χ4n) is 2.41. The molecule has 1 aromatic carbocycles. The highest BCUT2D eigenvalue weighted by atomic mass is 16.6. The van der Waals surface area contributed by atoms with Crippen molar-refractivity contribution >= 4 is 17.3 Å². The summed E-state index contributed by atoms with van der Waals surface area (Å²) in [5.74, 6) is 0.126. The van der Waals surface area contributed by atoms with Crippen molar-refractivity contribution in [3.8, 4) is 0 Å². The number of carbonyl (C=O) groups excluding carboxylic acids is 1. The third-order valence-corrected chi connectivity index (χ3v) is 3.59. The second-order valence-corrected chi connectivity index (χ2v) is 4.85. The Labute approximate surface area is 117 Å². The number of hydrogen-bond donors (Lipinski definition) is 1. The molecule has 1 fully saturated rings. The maximum atomic E-state index is 11.9. The number of rotatable bonds is 4. The number of hydrogen-bond acceptors (Lipinski definition) is 4. The van der Waals surface area contributed by atoms with Gasteiger partial charge in [0.2, 0.25) is 0 Å². The van der Waals surface area contributed by atoms with E-state index in [0.29, 0.717) is 11.5 Å². The van der Waals surface area contributed by atoms with Crippen LogP contribution in [0.5, 0.6) is 0 Å². The molecule has 1 aromatic rings. The first-order valence-corrected chi connectivity index (χ1v) is 6.73. The van der Waals surface area contributed by atoms with Gasteiger partial charge in [0.15, 0.2) is 0 Å². The molecule has 0 aromatic heterocycles. The molecular formula is C14H17N3O3. The summed E-state index contributed by atoms with van der Waals surface area (Å²) in [6.45, 7) is 2.11. The standard InChI is InChI=1S/C14H17N3O3/c1-2-10-4-3-5-13(10)15-16-14(18)11-6-8-12(9-7-11)17(19)20/h6-10H,2-5H2,1H3,(H,16,18)/b15-13+. The van der Waals surface area contributed by atoms with Crippen LogP contribution >= 0.6 is 0 Å². The normalized spacial score (nSPS) is 20.1. The predicted octanol–water partition coefficient (Wildman–Crippen LogP) is 2.89. The van der Waals surface area contributed by atoms with Gasteiger partial charge < -0.3 is 0 Å². The first-order chi connectivity index (χ1) is 9.61. The number of nitrogens with one attached hydrogen (secondary N) is 1. The fraction of sp³-hybridized carbons (Fsp3) is 0.429. The van der Waals surface area contributed by atoms with Crippen molar-refractivity contribution in [2.24, 2.45) is 11.0 Å². The van der Waals surface area contributed by atoms with Crippen LogP contribution in [0.25, 0.3) is 0 Å². The minimum Gasteiger partial charge on any atom is -0.267 e. The molecule has 106 valence electrons. The quantitative estimate of drug-likeness (QED) is 0.677. The van der Waals surface area contributed by atoms with Gasteiger partial charge in [-0.2, -0.15) is 5.10 Å². The van der Waals surface area contributed by atoms with Crippen molar-refractivity contribution < 1.29 is 9.72 Å². The van der Waals surface area contributed by atoms with E-state index in [1.165, 1.54) is 24.3 Å². The molecule has 0 bridgehead atoms. The van der Waals surface area contributed by atoms with E-state index >= 15 is 0 Å². The lowest BCUT2D eigenvalue weighted by Crippen LogP contribution is -2.20. The summed E-state index contributed by atoms with van der Waals surface area (Å²) in [6, 6.07) is 5.48. The van der Waals surface area contributed by atoms with Gasteiger partial charge in [-0.1, -0.05) is 6.92 Å². The van der Waals surface area contributed by atoms with Crippen LogP contribution in [0, 0.1) is 16.0 Å². The van der Waals surface area contributed by atoms with Gasteiger partial charge in [-0.15, -0.1) is 0 Å². The first-order valence-electron chi connectivity index (χ1n) is 6.73. The summed E-state index contributed by atoms with van der Waals surface area (Å²) in [7, 11) is 0. The van der Waals surface area contributed by atoms with Gasteiger partial charge in [0, 0.05) is 23.4 Å². The minimum absolute atomic E-state index is 0.0327. The van der Waals surface area contributed by atoms with Crippen LogP contribution in [0.3, 0.4) is 0 Å². The second-order valence-electron chi connectivity index (χ2n) is 4.85. The minimum atomic E-state index is -0.494. The van der Waals surface area contributed by atoms with Crippen LogP contribution in [-0.2, 0) is 0 Å². The molecule has 0 spiro atoms. The molecule has 1 atom stereocenters. The summed E-state index contributed by atoms with van der Waals surface area (Å²) in [5, 5.41) is 14.7. The first kappa shape index (κ1) is 14.2. The Morgan fingerprint density at radius 3 is 2.75 bits per heavy atom. The Bertz CT molecular complexity index is 537. The summed E-state index contributed by atoms with van der Waals surface area (Å²) in [5.41, 5.74) is 3.91. The number of nitro groups is 1. The van der Waals surface area contributed by atoms with Crippen LogP contribution in [0.4, 0.5) is 5.69 Å². The predicted molar refractivity (Wildman–Crippen MR) is 75.6 cm³/mol. The smallest absolute Gasteiger partial charge is 0.267 e. The monoisotopic (exact) mass is 275 g/mol. The largest absolute Gasteiger partial charge is 0.271 e. The lowest BCUT2D eigenvalue weighted by Gasteiger charge is -2.07. The van der Waals surface area contributed by atoms with Gasteiger partial charge in [-0.25, -0.2) is 5.43 Å². The highest BCUT2D eigenvalue weighted by Gasteiger charge is 2.21. The molecule has 0 radical (unpaired) electrons. The van der Waals surface area contributed by atoms with Gasteiger partial charge in [0.25, 0.3) is 11.6 Å². The molecule has 0 saturated heterocycles. The zero-order chi connectivity index (χ0) is 14.5. The average Bonchev–Trinajstić information content (AvgIpc) is 2.92. The summed E-state index contributed by atoms with van der Waals surface area (Å²) < 4.78 is 0. The van der Waals surface area contributed by atoms with Crippen LogP contribution in [0.1, 0.15) is 43.0 Å². The van der Waals surface area contributed by atoms with Crippen molar-refractivity contribution in [1.82, 2.24) is 5.43 Å². The SMILES string of the molecule is CCC1CCC/C1=N\NC(=O)c1ccc([N+](=O)[O-])cc1. The molecule has 1 amide bonds. The van der Waals surface area contributed by atoms with E-state index in [2.05, 4.69) is 17.5 Å². The van der Waals surface area contributed by atoms with Gasteiger partial charge in [-0.3, -0.25) is 14.9 Å². The molecule has 1 aliphatic carbocycles. The third kappa shape index (κ3) is 3.20. The maximum absolute atomic E-state index is 11.9. The molecule has 1 saturated carbocycles. The Morgan fingerprint density at radius 2 is 2.15 bits per heavy atom. The Balaban J connectivity index is 2.01. The topological polar surface area (TPSA) is 84.6 Å². The van der Waals surface area contributed by atoms with Crippen LogP contribution in [-0.4, -0.2) is 16.5 Å². The number of amides is 1. The molecule has 2 rings (SSSR count). The maximum Gasteiger partial charge on any atom is 0.271 e. The summed E-state index contributed by atoms with van der Waals surface area (Å²) in [6.07, 6.45) is 4.21. The van der Waals surface area contributed by atoms with E-state index < -0.39 is 4.92 Å². The van der Waals surface area contributed by atoms with Crippen LogP contribution in [0.15, 0.2) is 29.4 Å². The lowest BCUT2D eigenvalue weighted by molar-refractivity contribution is -0.384. The number of hydrazone groups is 1. The molecule has 6 nitrogen and oxygen atoms in total. The van der Waals surface area contributed by atoms with Crippen LogP contribution in [0.2, 0.25) is 0 Å². The fourth-order valence-corrected chi connectivity index (χ4v) is 2.41. The van der Waals surface area contributed by atoms with Gasteiger partial charge in [-0.05, 0) is 43.7 Å². The molecule has 0 heterocycles. The Morgan fingerprint density at radius 1 is 1.45 bits per heavy atom. The van der Waals surface area contributed by atoms with Crippen molar-refractivity contribution in [2.45, 2.75) is 32.6 Å². The van der Waals surface area contributed by atoms with E-state index in [4.69, 9.17) is 0 Å². The summed E-state index contributed by atoms with van der Waals surface area (Å²) in [4.78, 5) is 21.9. The molecular weight excluding hydrogens is 258 g/mol. The van der Waals surface area contributed by atoms with E-state index in [1.54, 1.807) is 0 Å². The third-order valence-electron chi connectivity index (χ3n) is 3.59. The Hall–Kier alpha value is -2.24. The number of benzene rings is 1. The molecule has 0 aliphatic heterocycles. The van der Waals surface area contributed by atoms with E-state index in [-0.39, 0.29) is 11.6 Å². The van der Waals surface area contributed by atoms with Gasteiger partial charge in [0.1, 0.15) is 0 Å². The van der Waals surface area contributed by atoms with Gasteiger partial charge >= 0.3 is 0 Å². The van der Waals surface area contributed by atoms with E-state index in [9.17, 15) is 14.9 Å². The zero-order valence-corrected chi connectivity index (χ0v) is 11.3. The van der Waals surface area contributed by atoms with E-state index in [0.717, 1.165) is 31.4 Å². The van der Waals surface area contributed by atoms with Crippen molar-refractivity contribution in [3.63, 3.8) is 0 Å². The lowest BCUT2D eigenvalue weighted by atomic mass is 10.0. The highest BCUT2D eigenvalue weighted by molar-refractivity contribution is 5.96. The van der Waals surface area contributed by atoms with Crippen molar-refractivity contribution in [1.29, 1.82) is 0 Å². The average molecular weight is 275 g/mol. The number of nitrogens with zero attached hydrogens (tertiary/aromatic N) is 2. The number of carbonyl (C=O) groups is 1. The molecule has 1 aliphatic rings. The Kier molecular flexibility index (Phi) is 4.45. The van der Waals surface area contributed by atoms with Crippen molar-refractivity contribution in [3.05, 3.63) is 39.9 Å². The molecule has 1 N–H and O–H groups in total. The molecule has 20 heavy (non-hydrogen) atoms. The van der Waals surface area contributed by atoms with Crippen molar-refractivity contribution in [2.75, 3.05) is 0 Å². The number of nitro benzene ring substituents is 1. The molecule has 6 heteroatoms. The zero-order valence-electron chi connectivity index (χ0n) is 11.3. The van der Waals surface area contributed by atoms with Crippen LogP contribution < -0.4 is 5.43 Å². The van der Waals surface area contributed by atoms with E-state index in [1.807, 2.05) is 0 Å². The summed E-state index contributed by atoms with van der Waals surface area (Å²) >= 11 is 0.